The van der Waals surface area contributed by atoms with Gasteiger partial charge in [-0.3, -0.25) is 0 Å². The summed E-state index contributed by atoms with van der Waals surface area (Å²) in [6.45, 7) is 0.267. The molecule has 4 nitrogen and oxygen atoms in total. The van der Waals surface area contributed by atoms with Crippen molar-refractivity contribution in [1.29, 1.82) is 0 Å². The summed E-state index contributed by atoms with van der Waals surface area (Å²) in [6, 6.07) is 4.21. The molecule has 0 unspecified atom stereocenters. The van der Waals surface area contributed by atoms with Crippen molar-refractivity contribution in [2.75, 3.05) is 12.0 Å². The second-order valence-corrected chi connectivity index (χ2v) is 6.60. The fraction of sp³-hybridized carbons (Fsp3) is 0.364. The molecule has 0 N–H and O–H groups in total. The van der Waals surface area contributed by atoms with Crippen molar-refractivity contribution in [3.63, 3.8) is 0 Å². The van der Waals surface area contributed by atoms with E-state index >= 15 is 0 Å². The summed E-state index contributed by atoms with van der Waals surface area (Å²) in [7, 11) is -3.07. The van der Waals surface area contributed by atoms with Crippen LogP contribution in [-0.4, -0.2) is 30.0 Å². The Morgan fingerprint density at radius 1 is 1.44 bits per heavy atom. The average molecular weight is 291 g/mol. The van der Waals surface area contributed by atoms with Crippen molar-refractivity contribution >= 4 is 32.5 Å². The number of hydrogen-bond acceptors (Lipinski definition) is 3. The van der Waals surface area contributed by atoms with E-state index in [4.69, 9.17) is 11.6 Å². The van der Waals surface area contributed by atoms with Gasteiger partial charge in [-0.15, -0.1) is 11.6 Å². The molecule has 1 aromatic heterocycles. The summed E-state index contributed by atoms with van der Waals surface area (Å²) in [5.74, 6) is 0.317. The van der Waals surface area contributed by atoms with E-state index < -0.39 is 9.84 Å². The molecular formula is C11H12ClFN2O2S. The molecule has 0 radical (unpaired) electrons. The zero-order valence-electron chi connectivity index (χ0n) is 9.73. The van der Waals surface area contributed by atoms with E-state index in [1.807, 2.05) is 0 Å². The largest absolute Gasteiger partial charge is 0.326 e. The van der Waals surface area contributed by atoms with E-state index in [1.165, 1.54) is 18.4 Å². The van der Waals surface area contributed by atoms with E-state index in [9.17, 15) is 12.8 Å². The van der Waals surface area contributed by atoms with Crippen molar-refractivity contribution < 1.29 is 12.8 Å². The lowest BCUT2D eigenvalue weighted by atomic mass is 10.3. The van der Waals surface area contributed by atoms with Gasteiger partial charge in [-0.1, -0.05) is 0 Å². The maximum Gasteiger partial charge on any atom is 0.149 e. The number of aromatic nitrogens is 2. The summed E-state index contributed by atoms with van der Waals surface area (Å²) in [5, 5.41) is 0. The van der Waals surface area contributed by atoms with Crippen LogP contribution in [-0.2, 0) is 22.3 Å². The zero-order valence-corrected chi connectivity index (χ0v) is 11.3. The van der Waals surface area contributed by atoms with Gasteiger partial charge in [-0.25, -0.2) is 17.8 Å². The molecule has 0 saturated carbocycles. The number of alkyl halides is 1. The molecule has 1 heterocycles. The maximum atomic E-state index is 13.1. The number of rotatable bonds is 4. The molecular weight excluding hydrogens is 279 g/mol. The fourth-order valence-corrected chi connectivity index (χ4v) is 2.48. The molecule has 2 aromatic rings. The van der Waals surface area contributed by atoms with Crippen molar-refractivity contribution in [1.82, 2.24) is 9.55 Å². The minimum Gasteiger partial charge on any atom is -0.326 e. The first-order valence-electron chi connectivity index (χ1n) is 5.29. The molecule has 0 aliphatic carbocycles. The molecule has 7 heteroatoms. The molecule has 0 bridgehead atoms. The van der Waals surface area contributed by atoms with Crippen LogP contribution in [0.3, 0.4) is 0 Å². The van der Waals surface area contributed by atoms with E-state index in [2.05, 4.69) is 4.98 Å². The van der Waals surface area contributed by atoms with Gasteiger partial charge >= 0.3 is 0 Å². The number of imidazole rings is 1. The Kier molecular flexibility index (Phi) is 3.59. The van der Waals surface area contributed by atoms with Crippen LogP contribution in [0, 0.1) is 5.82 Å². The van der Waals surface area contributed by atoms with Gasteiger partial charge in [0, 0.05) is 18.9 Å². The number of halogens is 2. The van der Waals surface area contributed by atoms with E-state index in [0.29, 0.717) is 16.9 Å². The second kappa shape index (κ2) is 4.85. The predicted molar refractivity (Wildman–Crippen MR) is 69.0 cm³/mol. The molecule has 18 heavy (non-hydrogen) atoms. The first kappa shape index (κ1) is 13.3. The lowest BCUT2D eigenvalue weighted by molar-refractivity contribution is 0.594. The number of benzene rings is 1. The van der Waals surface area contributed by atoms with Crippen LogP contribution in [0.15, 0.2) is 18.2 Å². The van der Waals surface area contributed by atoms with Gasteiger partial charge in [-0.2, -0.15) is 0 Å². The Labute approximate surface area is 109 Å². The number of fused-ring (bicyclic) bond motifs is 1. The Bertz CT molecular complexity index is 682. The van der Waals surface area contributed by atoms with Crippen LogP contribution in [0.1, 0.15) is 5.82 Å². The maximum absolute atomic E-state index is 13.1. The van der Waals surface area contributed by atoms with Gasteiger partial charge in [0.25, 0.3) is 0 Å². The van der Waals surface area contributed by atoms with Gasteiger partial charge < -0.3 is 4.57 Å². The summed E-state index contributed by atoms with van der Waals surface area (Å²) >= 11 is 5.77. The lowest BCUT2D eigenvalue weighted by Crippen LogP contribution is -2.12. The van der Waals surface area contributed by atoms with Crippen molar-refractivity contribution in [2.45, 2.75) is 12.4 Å². The Morgan fingerprint density at radius 2 is 2.17 bits per heavy atom. The minimum absolute atomic E-state index is 0.000273. The van der Waals surface area contributed by atoms with Gasteiger partial charge in [0.05, 0.1) is 22.7 Å². The summed E-state index contributed by atoms with van der Waals surface area (Å²) in [6.07, 6.45) is 1.17. The SMILES string of the molecule is CS(=O)(=O)CCn1c(CCl)nc2cc(F)ccc21. The first-order valence-corrected chi connectivity index (χ1v) is 7.88. The van der Waals surface area contributed by atoms with Crippen LogP contribution < -0.4 is 0 Å². The van der Waals surface area contributed by atoms with Crippen LogP contribution in [0.4, 0.5) is 4.39 Å². The highest BCUT2D eigenvalue weighted by Crippen LogP contribution is 2.18. The van der Waals surface area contributed by atoms with Gasteiger partial charge in [0.1, 0.15) is 21.5 Å². The molecule has 2 rings (SSSR count). The Balaban J connectivity index is 2.47. The molecule has 0 fully saturated rings. The summed E-state index contributed by atoms with van der Waals surface area (Å²) < 4.78 is 37.2. The van der Waals surface area contributed by atoms with Crippen LogP contribution in [0.2, 0.25) is 0 Å². The molecule has 0 atom stereocenters. The monoisotopic (exact) mass is 290 g/mol. The van der Waals surface area contributed by atoms with Gasteiger partial charge in [-0.05, 0) is 12.1 Å². The van der Waals surface area contributed by atoms with E-state index in [1.54, 1.807) is 10.6 Å². The molecule has 98 valence electrons. The van der Waals surface area contributed by atoms with E-state index in [0.717, 1.165) is 0 Å². The van der Waals surface area contributed by atoms with Crippen LogP contribution in [0.5, 0.6) is 0 Å². The topological polar surface area (TPSA) is 52.0 Å². The quantitative estimate of drug-likeness (QED) is 0.809. The average Bonchev–Trinajstić information content (AvgIpc) is 2.62. The fourth-order valence-electron chi connectivity index (χ4n) is 1.76. The number of sulfone groups is 1. The first-order chi connectivity index (χ1) is 8.40. The Morgan fingerprint density at radius 3 is 2.78 bits per heavy atom. The third kappa shape index (κ3) is 2.81. The van der Waals surface area contributed by atoms with Gasteiger partial charge in [0.2, 0.25) is 0 Å². The molecule has 0 amide bonds. The standard InChI is InChI=1S/C11H12ClFN2O2S/c1-18(16,17)5-4-15-10-3-2-8(13)6-9(10)14-11(15)7-12/h2-3,6H,4-5,7H2,1H3. The number of nitrogens with zero attached hydrogens (tertiary/aromatic N) is 2. The van der Waals surface area contributed by atoms with Crippen molar-refractivity contribution in [2.24, 2.45) is 0 Å². The number of aryl methyl sites for hydroxylation is 1. The normalized spacial score (nSPS) is 12.2. The summed E-state index contributed by atoms with van der Waals surface area (Å²) in [5.41, 5.74) is 1.18. The van der Waals surface area contributed by atoms with Crippen LogP contribution in [0.25, 0.3) is 11.0 Å². The summed E-state index contributed by atoms with van der Waals surface area (Å²) in [4.78, 5) is 4.19. The smallest absolute Gasteiger partial charge is 0.149 e. The highest BCUT2D eigenvalue weighted by atomic mass is 35.5. The third-order valence-corrected chi connectivity index (χ3v) is 3.76. The minimum atomic E-state index is -3.07. The molecule has 0 aliphatic heterocycles. The van der Waals surface area contributed by atoms with E-state index in [-0.39, 0.29) is 24.0 Å². The zero-order chi connectivity index (χ0) is 13.3. The lowest BCUT2D eigenvalue weighted by Gasteiger charge is -2.06. The molecule has 1 aromatic carbocycles. The Hall–Kier alpha value is -1.14. The van der Waals surface area contributed by atoms with Crippen molar-refractivity contribution in [3.05, 3.63) is 29.8 Å². The molecule has 0 spiro atoms. The van der Waals surface area contributed by atoms with Crippen LogP contribution >= 0.6 is 11.6 Å². The second-order valence-electron chi connectivity index (χ2n) is 4.08. The van der Waals surface area contributed by atoms with Crippen molar-refractivity contribution in [3.8, 4) is 0 Å². The number of hydrogen-bond donors (Lipinski definition) is 0. The highest BCUT2D eigenvalue weighted by molar-refractivity contribution is 7.90. The third-order valence-electron chi connectivity index (χ3n) is 2.59. The van der Waals surface area contributed by atoms with Gasteiger partial charge in [0.15, 0.2) is 0 Å². The highest BCUT2D eigenvalue weighted by Gasteiger charge is 2.12. The molecule has 0 aliphatic rings. The predicted octanol–water partition coefficient (Wildman–Crippen LogP) is 1.96. The molecule has 0 saturated heterocycles.